The molecule has 0 radical (unpaired) electrons. The van der Waals surface area contributed by atoms with Crippen molar-refractivity contribution in [2.45, 2.75) is 44.6 Å². The maximum Gasteiger partial charge on any atom is 0.220 e. The van der Waals surface area contributed by atoms with Gasteiger partial charge in [-0.3, -0.25) is 9.59 Å². The summed E-state index contributed by atoms with van der Waals surface area (Å²) in [5.74, 6) is 0.0811. The van der Waals surface area contributed by atoms with Crippen LogP contribution in [0.15, 0.2) is 30.3 Å². The van der Waals surface area contributed by atoms with Gasteiger partial charge in [-0.15, -0.1) is 0 Å². The Morgan fingerprint density at radius 2 is 1.89 bits per heavy atom. The summed E-state index contributed by atoms with van der Waals surface area (Å²) in [4.78, 5) is 23.1. The molecule has 1 fully saturated rings. The van der Waals surface area contributed by atoms with Gasteiger partial charge in [0.15, 0.2) is 5.78 Å². The van der Waals surface area contributed by atoms with Gasteiger partial charge in [0.1, 0.15) is 0 Å². The van der Waals surface area contributed by atoms with Gasteiger partial charge in [0.25, 0.3) is 0 Å². The number of aryl methyl sites for hydroxylation is 1. The topological polar surface area (TPSA) is 46.2 Å². The van der Waals surface area contributed by atoms with Crippen molar-refractivity contribution in [1.29, 1.82) is 0 Å². The molecule has 0 spiro atoms. The number of nitrogens with one attached hydrogen (secondary N) is 1. The first-order chi connectivity index (χ1) is 8.62. The summed E-state index contributed by atoms with van der Waals surface area (Å²) in [6.45, 7) is 1.55. The van der Waals surface area contributed by atoms with Crippen LogP contribution >= 0.6 is 0 Å². The van der Waals surface area contributed by atoms with Gasteiger partial charge in [-0.25, -0.2) is 0 Å². The predicted molar refractivity (Wildman–Crippen MR) is 70.2 cm³/mol. The molecule has 1 aliphatic carbocycles. The lowest BCUT2D eigenvalue weighted by Crippen LogP contribution is -2.41. The molecule has 1 aromatic carbocycles. The van der Waals surface area contributed by atoms with Crippen LogP contribution < -0.4 is 5.32 Å². The van der Waals surface area contributed by atoms with Crippen molar-refractivity contribution in [2.75, 3.05) is 0 Å². The molecule has 3 nitrogen and oxygen atoms in total. The lowest BCUT2D eigenvalue weighted by Gasteiger charge is -2.13. The van der Waals surface area contributed by atoms with E-state index in [0.29, 0.717) is 6.42 Å². The smallest absolute Gasteiger partial charge is 0.220 e. The quantitative estimate of drug-likeness (QED) is 0.835. The first kappa shape index (κ1) is 12.8. The highest BCUT2D eigenvalue weighted by Gasteiger charge is 2.48. The van der Waals surface area contributed by atoms with Crippen LogP contribution in [0.5, 0.6) is 0 Å². The molecule has 96 valence electrons. The van der Waals surface area contributed by atoms with Gasteiger partial charge in [0, 0.05) is 6.42 Å². The highest BCUT2D eigenvalue weighted by atomic mass is 16.2. The summed E-state index contributed by atoms with van der Waals surface area (Å²) < 4.78 is 0. The predicted octanol–water partition coefficient (Wildman–Crippen LogP) is 2.25. The minimum atomic E-state index is -0.510. The summed E-state index contributed by atoms with van der Waals surface area (Å²) in [6.07, 6.45) is 3.81. The van der Waals surface area contributed by atoms with Gasteiger partial charge in [0.05, 0.1) is 5.54 Å². The second-order valence-electron chi connectivity index (χ2n) is 5.03. The number of rotatable bonds is 6. The standard InChI is InChI=1S/C15H19NO2/c1-12(17)15(10-11-15)16-14(18)9-5-8-13-6-3-2-4-7-13/h2-4,6-7H,5,8-11H2,1H3,(H,16,18). The molecular formula is C15H19NO2. The Hall–Kier alpha value is -1.64. The fourth-order valence-electron chi connectivity index (χ4n) is 2.12. The van der Waals surface area contributed by atoms with E-state index < -0.39 is 5.54 Å². The zero-order chi connectivity index (χ0) is 13.0. The maximum atomic E-state index is 11.7. The highest BCUT2D eigenvalue weighted by Crippen LogP contribution is 2.36. The summed E-state index contributed by atoms with van der Waals surface area (Å²) in [5, 5.41) is 2.86. The summed E-state index contributed by atoms with van der Waals surface area (Å²) in [5.41, 5.74) is 0.738. The van der Waals surface area contributed by atoms with Crippen molar-refractivity contribution in [1.82, 2.24) is 5.32 Å². The molecule has 1 saturated carbocycles. The lowest BCUT2D eigenvalue weighted by atomic mass is 10.1. The van der Waals surface area contributed by atoms with Crippen molar-refractivity contribution < 1.29 is 9.59 Å². The number of hydrogen-bond acceptors (Lipinski definition) is 2. The van der Waals surface area contributed by atoms with E-state index in [1.807, 2.05) is 18.2 Å². The Bertz CT molecular complexity index is 435. The molecule has 2 rings (SSSR count). The van der Waals surface area contributed by atoms with E-state index in [4.69, 9.17) is 0 Å². The molecule has 0 heterocycles. The number of carbonyl (C=O) groups is 2. The van der Waals surface area contributed by atoms with Crippen LogP contribution in [0.25, 0.3) is 0 Å². The largest absolute Gasteiger partial charge is 0.344 e. The van der Waals surface area contributed by atoms with Gasteiger partial charge in [0.2, 0.25) is 5.91 Å². The van der Waals surface area contributed by atoms with Gasteiger partial charge in [-0.1, -0.05) is 30.3 Å². The first-order valence-electron chi connectivity index (χ1n) is 6.48. The zero-order valence-corrected chi connectivity index (χ0v) is 10.7. The molecule has 1 N–H and O–H groups in total. The van der Waals surface area contributed by atoms with Crippen LogP contribution in [0.4, 0.5) is 0 Å². The molecule has 0 atom stereocenters. The Labute approximate surface area is 108 Å². The van der Waals surface area contributed by atoms with Crippen LogP contribution in [0, 0.1) is 0 Å². The number of hydrogen-bond donors (Lipinski definition) is 1. The molecular weight excluding hydrogens is 226 g/mol. The van der Waals surface area contributed by atoms with Crippen LogP contribution in [-0.4, -0.2) is 17.2 Å². The van der Waals surface area contributed by atoms with Gasteiger partial charge in [-0.05, 0) is 38.2 Å². The first-order valence-corrected chi connectivity index (χ1v) is 6.48. The van der Waals surface area contributed by atoms with Crippen molar-refractivity contribution in [3.05, 3.63) is 35.9 Å². The third-order valence-electron chi connectivity index (χ3n) is 3.51. The molecule has 0 saturated heterocycles. The van der Waals surface area contributed by atoms with Crippen LogP contribution in [0.1, 0.15) is 38.2 Å². The van der Waals surface area contributed by atoms with E-state index >= 15 is 0 Å². The highest BCUT2D eigenvalue weighted by molar-refractivity contribution is 5.93. The molecule has 1 amide bonds. The van der Waals surface area contributed by atoms with Crippen molar-refractivity contribution in [3.63, 3.8) is 0 Å². The van der Waals surface area contributed by atoms with E-state index in [1.165, 1.54) is 5.56 Å². The van der Waals surface area contributed by atoms with E-state index in [0.717, 1.165) is 25.7 Å². The lowest BCUT2D eigenvalue weighted by molar-refractivity contribution is -0.127. The average Bonchev–Trinajstić information content (AvgIpc) is 3.11. The summed E-state index contributed by atoms with van der Waals surface area (Å²) in [7, 11) is 0. The van der Waals surface area contributed by atoms with E-state index in [9.17, 15) is 9.59 Å². The minimum absolute atomic E-state index is 0.00127. The number of benzene rings is 1. The Balaban J connectivity index is 1.71. The fourth-order valence-corrected chi connectivity index (χ4v) is 2.12. The third kappa shape index (κ3) is 3.19. The van der Waals surface area contributed by atoms with E-state index in [1.54, 1.807) is 6.92 Å². The Morgan fingerprint density at radius 1 is 1.22 bits per heavy atom. The van der Waals surface area contributed by atoms with Crippen LogP contribution in [0.2, 0.25) is 0 Å². The summed E-state index contributed by atoms with van der Waals surface area (Å²) in [6, 6.07) is 10.1. The maximum absolute atomic E-state index is 11.7. The molecule has 1 aliphatic rings. The SMILES string of the molecule is CC(=O)C1(NC(=O)CCCc2ccccc2)CC1. The molecule has 1 aromatic rings. The second kappa shape index (κ2) is 5.34. The normalized spacial score (nSPS) is 16.1. The Kier molecular flexibility index (Phi) is 3.80. The second-order valence-corrected chi connectivity index (χ2v) is 5.03. The Morgan fingerprint density at radius 3 is 2.44 bits per heavy atom. The molecule has 0 unspecified atom stereocenters. The summed E-state index contributed by atoms with van der Waals surface area (Å²) >= 11 is 0. The molecule has 0 aromatic heterocycles. The number of amides is 1. The van der Waals surface area contributed by atoms with Crippen LogP contribution in [-0.2, 0) is 16.0 Å². The van der Waals surface area contributed by atoms with E-state index in [2.05, 4.69) is 17.4 Å². The van der Waals surface area contributed by atoms with Gasteiger partial charge < -0.3 is 5.32 Å². The van der Waals surface area contributed by atoms with Crippen molar-refractivity contribution >= 4 is 11.7 Å². The molecule has 3 heteroatoms. The van der Waals surface area contributed by atoms with Crippen LogP contribution in [0.3, 0.4) is 0 Å². The molecule has 0 aliphatic heterocycles. The number of carbonyl (C=O) groups excluding carboxylic acids is 2. The minimum Gasteiger partial charge on any atom is -0.344 e. The van der Waals surface area contributed by atoms with Crippen molar-refractivity contribution in [3.8, 4) is 0 Å². The van der Waals surface area contributed by atoms with Gasteiger partial charge in [-0.2, -0.15) is 0 Å². The van der Waals surface area contributed by atoms with E-state index in [-0.39, 0.29) is 11.7 Å². The number of ketones is 1. The third-order valence-corrected chi connectivity index (χ3v) is 3.51. The molecule has 0 bridgehead atoms. The monoisotopic (exact) mass is 245 g/mol. The zero-order valence-electron chi connectivity index (χ0n) is 10.7. The number of Topliss-reactive ketones (excluding diaryl/α,β-unsaturated/α-hetero) is 1. The van der Waals surface area contributed by atoms with Gasteiger partial charge >= 0.3 is 0 Å². The fraction of sp³-hybridized carbons (Fsp3) is 0.467. The average molecular weight is 245 g/mol. The molecule has 18 heavy (non-hydrogen) atoms. The van der Waals surface area contributed by atoms with Crippen molar-refractivity contribution in [2.24, 2.45) is 0 Å².